The molecule has 0 bridgehead atoms. The molecule has 0 radical (unpaired) electrons. The number of hydrogen-bond acceptors (Lipinski definition) is 4. The smallest absolute Gasteiger partial charge is 0.308 e. The fourth-order valence-electron chi connectivity index (χ4n) is 4.14. The molecule has 1 aromatic carbocycles. The molecule has 1 saturated carbocycles. The second-order valence-electron chi connectivity index (χ2n) is 7.49. The van der Waals surface area contributed by atoms with Gasteiger partial charge in [0.15, 0.2) is 0 Å². The molecule has 1 aliphatic heterocycles. The summed E-state index contributed by atoms with van der Waals surface area (Å²) < 4.78 is 4.88. The van der Waals surface area contributed by atoms with Gasteiger partial charge in [-0.3, -0.25) is 9.59 Å². The lowest BCUT2D eigenvalue weighted by molar-refractivity contribution is -0.146. The molecule has 2 aliphatic rings. The van der Waals surface area contributed by atoms with Gasteiger partial charge < -0.3 is 15.4 Å². The van der Waals surface area contributed by atoms with Crippen LogP contribution in [0.25, 0.3) is 0 Å². The van der Waals surface area contributed by atoms with E-state index in [2.05, 4.69) is 22.8 Å². The van der Waals surface area contributed by atoms with Crippen LogP contribution in [0, 0.1) is 5.92 Å². The lowest BCUT2D eigenvalue weighted by atomic mass is 9.89. The molecular weight excluding hydrogens is 364 g/mol. The molecule has 0 spiro atoms. The number of hydrogen-bond donors (Lipinski definition) is 2. The first-order chi connectivity index (χ1) is 12.7. The van der Waals surface area contributed by atoms with Crippen LogP contribution < -0.4 is 10.6 Å². The summed E-state index contributed by atoms with van der Waals surface area (Å²) in [6, 6.07) is 6.32. The fourth-order valence-corrected chi connectivity index (χ4v) is 4.14. The number of amides is 1. The molecule has 1 amide bonds. The van der Waals surface area contributed by atoms with Crippen molar-refractivity contribution >= 4 is 24.3 Å². The van der Waals surface area contributed by atoms with Crippen molar-refractivity contribution in [1.29, 1.82) is 0 Å². The van der Waals surface area contributed by atoms with Crippen molar-refractivity contribution in [2.45, 2.75) is 57.4 Å². The second kappa shape index (κ2) is 10.7. The van der Waals surface area contributed by atoms with Crippen LogP contribution in [0.15, 0.2) is 18.2 Å². The Bertz CT molecular complexity index is 640. The Morgan fingerprint density at radius 1 is 1.04 bits per heavy atom. The van der Waals surface area contributed by atoms with Crippen LogP contribution in [-0.2, 0) is 22.4 Å². The summed E-state index contributed by atoms with van der Waals surface area (Å²) in [5.74, 6) is -0.0399. The van der Waals surface area contributed by atoms with Gasteiger partial charge in [0, 0.05) is 11.6 Å². The summed E-state index contributed by atoms with van der Waals surface area (Å²) in [6.45, 7) is 1.98. The Morgan fingerprint density at radius 2 is 1.70 bits per heavy atom. The van der Waals surface area contributed by atoms with Gasteiger partial charge in [-0.1, -0.05) is 18.9 Å². The maximum Gasteiger partial charge on any atom is 0.308 e. The minimum absolute atomic E-state index is 0. The zero-order chi connectivity index (χ0) is 18.4. The number of methoxy groups -OCH3 is 1. The molecular formula is C21H31ClN2O3. The molecule has 0 unspecified atom stereocenters. The Labute approximate surface area is 168 Å². The van der Waals surface area contributed by atoms with Gasteiger partial charge in [-0.15, -0.1) is 12.4 Å². The summed E-state index contributed by atoms with van der Waals surface area (Å²) in [5, 5.41) is 6.62. The molecule has 0 aromatic heterocycles. The second-order valence-corrected chi connectivity index (χ2v) is 7.49. The van der Waals surface area contributed by atoms with Crippen LogP contribution in [0.2, 0.25) is 0 Å². The van der Waals surface area contributed by atoms with E-state index < -0.39 is 0 Å². The molecule has 2 N–H and O–H groups in total. The molecule has 3 rings (SSSR count). The highest BCUT2D eigenvalue weighted by Gasteiger charge is 2.23. The minimum Gasteiger partial charge on any atom is -0.469 e. The standard InChI is InChI=1S/C21H30N2O3.ClH/c1-26-21(25)16-4-2-6-19(7-3-5-16)23-20(24)18-9-8-15-10-12-22-13-11-17(15)14-18;/h8-9,14,16,19,22H,2-7,10-13H2,1H3,(H,23,24);1H. The lowest BCUT2D eigenvalue weighted by Gasteiger charge is -2.24. The maximum atomic E-state index is 12.7. The third-order valence-electron chi connectivity index (χ3n) is 5.69. The lowest BCUT2D eigenvalue weighted by Crippen LogP contribution is -2.36. The van der Waals surface area contributed by atoms with Crippen LogP contribution in [0.1, 0.15) is 60.0 Å². The maximum absolute atomic E-state index is 12.7. The van der Waals surface area contributed by atoms with Crippen molar-refractivity contribution in [3.05, 3.63) is 34.9 Å². The van der Waals surface area contributed by atoms with Gasteiger partial charge in [0.2, 0.25) is 0 Å². The van der Waals surface area contributed by atoms with Gasteiger partial charge >= 0.3 is 5.97 Å². The van der Waals surface area contributed by atoms with Crippen molar-refractivity contribution in [1.82, 2.24) is 10.6 Å². The van der Waals surface area contributed by atoms with E-state index in [0.717, 1.165) is 70.0 Å². The highest BCUT2D eigenvalue weighted by atomic mass is 35.5. The van der Waals surface area contributed by atoms with Crippen LogP contribution >= 0.6 is 12.4 Å². The third kappa shape index (κ3) is 5.94. The SMILES string of the molecule is COC(=O)C1CCCC(NC(=O)c2ccc3c(c2)CCNCC3)CCC1.Cl. The monoisotopic (exact) mass is 394 g/mol. The van der Waals surface area contributed by atoms with Gasteiger partial charge in [0.25, 0.3) is 5.91 Å². The number of nitrogens with one attached hydrogen (secondary N) is 2. The van der Waals surface area contributed by atoms with E-state index in [1.807, 2.05) is 6.07 Å². The van der Waals surface area contributed by atoms with Crippen molar-refractivity contribution in [3.63, 3.8) is 0 Å². The largest absolute Gasteiger partial charge is 0.469 e. The van der Waals surface area contributed by atoms with E-state index in [0.29, 0.717) is 0 Å². The molecule has 1 aliphatic carbocycles. The summed E-state index contributed by atoms with van der Waals surface area (Å²) in [5.41, 5.74) is 3.41. The van der Waals surface area contributed by atoms with Crippen LogP contribution in [0.4, 0.5) is 0 Å². The first-order valence-electron chi connectivity index (χ1n) is 9.88. The van der Waals surface area contributed by atoms with Gasteiger partial charge in [-0.2, -0.15) is 0 Å². The van der Waals surface area contributed by atoms with Gasteiger partial charge in [-0.25, -0.2) is 0 Å². The Hall–Kier alpha value is -1.59. The molecule has 6 heteroatoms. The van der Waals surface area contributed by atoms with Crippen LogP contribution in [0.5, 0.6) is 0 Å². The first-order valence-corrected chi connectivity index (χ1v) is 9.88. The number of halogens is 1. The molecule has 0 saturated heterocycles. The zero-order valence-electron chi connectivity index (χ0n) is 16.1. The highest BCUT2D eigenvalue weighted by Crippen LogP contribution is 2.24. The number of carbonyl (C=O) groups excluding carboxylic acids is 2. The Morgan fingerprint density at radius 3 is 2.37 bits per heavy atom. The number of benzene rings is 1. The van der Waals surface area contributed by atoms with Gasteiger partial charge in [0.05, 0.1) is 13.0 Å². The highest BCUT2D eigenvalue weighted by molar-refractivity contribution is 5.94. The number of fused-ring (bicyclic) bond motifs is 1. The van der Waals surface area contributed by atoms with E-state index in [9.17, 15) is 9.59 Å². The van der Waals surface area contributed by atoms with Gasteiger partial charge in [-0.05, 0) is 74.9 Å². The van der Waals surface area contributed by atoms with Crippen LogP contribution in [0.3, 0.4) is 0 Å². The summed E-state index contributed by atoms with van der Waals surface area (Å²) in [6.07, 6.45) is 7.45. The molecule has 1 fully saturated rings. The van der Waals surface area contributed by atoms with Gasteiger partial charge in [0.1, 0.15) is 0 Å². The number of esters is 1. The van der Waals surface area contributed by atoms with Crippen molar-refractivity contribution in [2.24, 2.45) is 5.92 Å². The predicted octanol–water partition coefficient (Wildman–Crippen LogP) is 3.04. The third-order valence-corrected chi connectivity index (χ3v) is 5.69. The number of rotatable bonds is 3. The van der Waals surface area contributed by atoms with E-state index >= 15 is 0 Å². The topological polar surface area (TPSA) is 67.4 Å². The minimum atomic E-state index is -0.0908. The summed E-state index contributed by atoms with van der Waals surface area (Å²) >= 11 is 0. The number of carbonyl (C=O) groups is 2. The first kappa shape index (κ1) is 21.7. The average Bonchev–Trinajstić information content (AvgIpc) is 2.87. The van der Waals surface area contributed by atoms with Crippen molar-refractivity contribution in [3.8, 4) is 0 Å². The molecule has 27 heavy (non-hydrogen) atoms. The molecule has 150 valence electrons. The van der Waals surface area contributed by atoms with E-state index in [4.69, 9.17) is 4.74 Å². The molecule has 1 heterocycles. The summed E-state index contributed by atoms with van der Waals surface area (Å²) in [4.78, 5) is 24.4. The summed E-state index contributed by atoms with van der Waals surface area (Å²) in [7, 11) is 1.46. The number of ether oxygens (including phenoxy) is 1. The van der Waals surface area contributed by atoms with E-state index in [-0.39, 0.29) is 36.2 Å². The van der Waals surface area contributed by atoms with E-state index in [1.165, 1.54) is 18.2 Å². The average molecular weight is 395 g/mol. The Balaban J connectivity index is 0.00000261. The molecule has 1 aromatic rings. The Kier molecular flexibility index (Phi) is 8.58. The fraction of sp³-hybridized carbons (Fsp3) is 0.619. The molecule has 5 nitrogen and oxygen atoms in total. The predicted molar refractivity (Wildman–Crippen MR) is 108 cm³/mol. The zero-order valence-corrected chi connectivity index (χ0v) is 16.9. The normalized spacial score (nSPS) is 22.9. The molecule has 0 atom stereocenters. The van der Waals surface area contributed by atoms with E-state index in [1.54, 1.807) is 0 Å². The quantitative estimate of drug-likeness (QED) is 0.773. The van der Waals surface area contributed by atoms with Crippen molar-refractivity contribution < 1.29 is 14.3 Å². The van der Waals surface area contributed by atoms with Crippen LogP contribution in [-0.4, -0.2) is 38.1 Å². The van der Waals surface area contributed by atoms with Crippen molar-refractivity contribution in [2.75, 3.05) is 20.2 Å².